The van der Waals surface area contributed by atoms with Gasteiger partial charge in [-0.1, -0.05) is 18.2 Å². The molecule has 0 unspecified atom stereocenters. The van der Waals surface area contributed by atoms with E-state index in [2.05, 4.69) is 4.74 Å². The monoisotopic (exact) mass is 379 g/mol. The normalized spacial score (nSPS) is 11.2. The topological polar surface area (TPSA) is 66.8 Å². The maximum atomic E-state index is 13.4. The van der Waals surface area contributed by atoms with Crippen LogP contribution in [0.3, 0.4) is 0 Å². The number of ether oxygens (including phenoxy) is 1. The fourth-order valence-corrected chi connectivity index (χ4v) is 2.25. The lowest BCUT2D eigenvalue weighted by molar-refractivity contribution is -0.139. The standard InChI is InChI=1S/C19H16F3NO4/c1-27-19(26)17(24)9-18(25)23(10-12-2-5-14(20)6-3-12)11-13-4-7-15(21)16(22)8-13/h2-9,24H,10-11H2,1H3. The summed E-state index contributed by atoms with van der Waals surface area (Å²) >= 11 is 0. The second kappa shape index (κ2) is 8.88. The van der Waals surface area contributed by atoms with Crippen LogP contribution < -0.4 is 0 Å². The zero-order chi connectivity index (χ0) is 20.0. The predicted molar refractivity (Wildman–Crippen MR) is 89.7 cm³/mol. The molecule has 0 saturated heterocycles. The predicted octanol–water partition coefficient (Wildman–Crippen LogP) is 3.25. The molecule has 0 heterocycles. The number of methoxy groups -OCH3 is 1. The Labute approximate surface area is 153 Å². The quantitative estimate of drug-likeness (QED) is 0.475. The summed E-state index contributed by atoms with van der Waals surface area (Å²) in [5.74, 6) is -5.34. The number of carbonyl (C=O) groups is 2. The molecule has 0 fully saturated rings. The number of nitrogens with zero attached hydrogens (tertiary/aromatic N) is 1. The molecule has 2 aromatic carbocycles. The lowest BCUT2D eigenvalue weighted by atomic mass is 10.1. The van der Waals surface area contributed by atoms with E-state index in [0.29, 0.717) is 11.6 Å². The summed E-state index contributed by atoms with van der Waals surface area (Å²) < 4.78 is 43.9. The number of hydrogen-bond donors (Lipinski definition) is 1. The number of halogens is 3. The first-order valence-electron chi connectivity index (χ1n) is 7.76. The molecule has 0 aliphatic heterocycles. The van der Waals surface area contributed by atoms with E-state index >= 15 is 0 Å². The SMILES string of the molecule is COC(=O)C(O)=CC(=O)N(Cc1ccc(F)cc1)Cc1ccc(F)c(F)c1. The summed E-state index contributed by atoms with van der Waals surface area (Å²) in [4.78, 5) is 24.9. The Morgan fingerprint density at radius 2 is 1.59 bits per heavy atom. The van der Waals surface area contributed by atoms with Crippen molar-refractivity contribution in [1.82, 2.24) is 4.90 Å². The van der Waals surface area contributed by atoms with Gasteiger partial charge in [-0.2, -0.15) is 0 Å². The number of aliphatic hydroxyl groups is 1. The Morgan fingerprint density at radius 1 is 1.00 bits per heavy atom. The van der Waals surface area contributed by atoms with Crippen LogP contribution in [0.4, 0.5) is 13.2 Å². The highest BCUT2D eigenvalue weighted by Gasteiger charge is 2.17. The molecule has 2 rings (SSSR count). The summed E-state index contributed by atoms with van der Waals surface area (Å²) in [6, 6.07) is 8.47. The van der Waals surface area contributed by atoms with Crippen molar-refractivity contribution in [3.63, 3.8) is 0 Å². The van der Waals surface area contributed by atoms with E-state index in [9.17, 15) is 27.9 Å². The molecule has 27 heavy (non-hydrogen) atoms. The van der Waals surface area contributed by atoms with Crippen LogP contribution in [0, 0.1) is 17.5 Å². The van der Waals surface area contributed by atoms with Gasteiger partial charge in [-0.25, -0.2) is 18.0 Å². The molecule has 0 aromatic heterocycles. The van der Waals surface area contributed by atoms with Crippen molar-refractivity contribution >= 4 is 11.9 Å². The lowest BCUT2D eigenvalue weighted by Crippen LogP contribution is -2.29. The summed E-state index contributed by atoms with van der Waals surface area (Å²) in [7, 11) is 1.04. The molecular weight excluding hydrogens is 363 g/mol. The number of hydrogen-bond acceptors (Lipinski definition) is 4. The van der Waals surface area contributed by atoms with Gasteiger partial charge in [0.25, 0.3) is 5.91 Å². The number of esters is 1. The van der Waals surface area contributed by atoms with E-state index in [1.54, 1.807) is 0 Å². The average molecular weight is 379 g/mol. The lowest BCUT2D eigenvalue weighted by Gasteiger charge is -2.22. The van der Waals surface area contributed by atoms with Gasteiger partial charge in [-0.3, -0.25) is 4.79 Å². The highest BCUT2D eigenvalue weighted by molar-refractivity contribution is 5.96. The summed E-state index contributed by atoms with van der Waals surface area (Å²) in [5, 5.41) is 9.57. The zero-order valence-electron chi connectivity index (χ0n) is 14.3. The first kappa shape index (κ1) is 20.0. The van der Waals surface area contributed by atoms with Crippen LogP contribution in [0.15, 0.2) is 54.3 Å². The molecule has 1 amide bonds. The van der Waals surface area contributed by atoms with Crippen molar-refractivity contribution in [2.75, 3.05) is 7.11 Å². The molecule has 5 nitrogen and oxygen atoms in total. The second-order valence-electron chi connectivity index (χ2n) is 5.59. The Morgan fingerprint density at radius 3 is 2.19 bits per heavy atom. The molecular formula is C19H16F3NO4. The maximum absolute atomic E-state index is 13.4. The molecule has 0 radical (unpaired) electrons. The maximum Gasteiger partial charge on any atom is 0.373 e. The van der Waals surface area contributed by atoms with Crippen molar-refractivity contribution in [2.24, 2.45) is 0 Å². The molecule has 1 N–H and O–H groups in total. The van der Waals surface area contributed by atoms with Crippen LogP contribution in [0.2, 0.25) is 0 Å². The van der Waals surface area contributed by atoms with Crippen molar-refractivity contribution in [3.05, 3.63) is 82.9 Å². The van der Waals surface area contributed by atoms with Gasteiger partial charge in [0.1, 0.15) is 5.82 Å². The Hall–Kier alpha value is -3.29. The molecule has 0 saturated carbocycles. The Balaban J connectivity index is 2.28. The molecule has 0 spiro atoms. The number of benzene rings is 2. The fourth-order valence-electron chi connectivity index (χ4n) is 2.25. The largest absolute Gasteiger partial charge is 0.502 e. The molecule has 0 atom stereocenters. The van der Waals surface area contributed by atoms with Gasteiger partial charge in [0, 0.05) is 13.1 Å². The molecule has 0 aliphatic carbocycles. The molecule has 2 aromatic rings. The smallest absolute Gasteiger partial charge is 0.373 e. The number of rotatable bonds is 6. The highest BCUT2D eigenvalue weighted by atomic mass is 19.2. The van der Waals surface area contributed by atoms with E-state index in [4.69, 9.17) is 0 Å². The minimum Gasteiger partial charge on any atom is -0.502 e. The van der Waals surface area contributed by atoms with Gasteiger partial charge >= 0.3 is 5.97 Å². The highest BCUT2D eigenvalue weighted by Crippen LogP contribution is 2.15. The third kappa shape index (κ3) is 5.60. The Kier molecular flexibility index (Phi) is 6.59. The van der Waals surface area contributed by atoms with Gasteiger partial charge in [0.15, 0.2) is 11.6 Å². The average Bonchev–Trinajstić information content (AvgIpc) is 2.65. The van der Waals surface area contributed by atoms with E-state index in [1.165, 1.54) is 35.2 Å². The fraction of sp³-hybridized carbons (Fsp3) is 0.158. The zero-order valence-corrected chi connectivity index (χ0v) is 14.3. The second-order valence-corrected chi connectivity index (χ2v) is 5.59. The number of aliphatic hydroxyl groups excluding tert-OH is 1. The molecule has 142 valence electrons. The van der Waals surface area contributed by atoms with Gasteiger partial charge in [0.2, 0.25) is 5.76 Å². The van der Waals surface area contributed by atoms with Crippen LogP contribution in [0.5, 0.6) is 0 Å². The summed E-state index contributed by atoms with van der Waals surface area (Å²) in [6.45, 7) is -0.165. The van der Waals surface area contributed by atoms with Crippen molar-refractivity contribution in [1.29, 1.82) is 0 Å². The van der Waals surface area contributed by atoms with Gasteiger partial charge < -0.3 is 14.7 Å². The third-order valence-electron chi connectivity index (χ3n) is 3.61. The van der Waals surface area contributed by atoms with Crippen LogP contribution in [0.1, 0.15) is 11.1 Å². The van der Waals surface area contributed by atoms with Gasteiger partial charge in [-0.15, -0.1) is 0 Å². The van der Waals surface area contributed by atoms with Crippen molar-refractivity contribution in [2.45, 2.75) is 13.1 Å². The van der Waals surface area contributed by atoms with Gasteiger partial charge in [-0.05, 0) is 35.4 Å². The summed E-state index contributed by atoms with van der Waals surface area (Å²) in [5.41, 5.74) is 0.841. The summed E-state index contributed by atoms with van der Waals surface area (Å²) in [6.07, 6.45) is 0.662. The first-order valence-corrected chi connectivity index (χ1v) is 7.76. The van der Waals surface area contributed by atoms with E-state index in [0.717, 1.165) is 19.2 Å². The van der Waals surface area contributed by atoms with Crippen molar-refractivity contribution in [3.8, 4) is 0 Å². The van der Waals surface area contributed by atoms with Crippen LogP contribution in [-0.2, 0) is 27.4 Å². The van der Waals surface area contributed by atoms with Crippen LogP contribution >= 0.6 is 0 Å². The van der Waals surface area contributed by atoms with E-state index in [-0.39, 0.29) is 18.7 Å². The Bertz CT molecular complexity index is 866. The molecule has 0 bridgehead atoms. The molecule has 0 aliphatic rings. The third-order valence-corrected chi connectivity index (χ3v) is 3.61. The molecule has 8 heteroatoms. The minimum atomic E-state index is -1.10. The minimum absolute atomic E-state index is 0.0247. The van der Waals surface area contributed by atoms with Crippen LogP contribution in [0.25, 0.3) is 0 Å². The van der Waals surface area contributed by atoms with Crippen molar-refractivity contribution < 1.29 is 32.6 Å². The van der Waals surface area contributed by atoms with E-state index < -0.39 is 35.1 Å². The van der Waals surface area contributed by atoms with E-state index in [1.807, 2.05) is 0 Å². The van der Waals surface area contributed by atoms with Crippen LogP contribution in [-0.4, -0.2) is 29.0 Å². The van der Waals surface area contributed by atoms with Gasteiger partial charge in [0.05, 0.1) is 13.2 Å². The number of amides is 1. The first-order chi connectivity index (χ1) is 12.8. The number of carbonyl (C=O) groups excluding carboxylic acids is 2.